The number of nitrogens with one attached hydrogen (secondary N) is 2. The molecule has 1 aromatic carbocycles. The molecule has 1 aliphatic heterocycles. The molecule has 17 heteroatoms. The monoisotopic (exact) mass is 722 g/mol. The summed E-state index contributed by atoms with van der Waals surface area (Å²) < 4.78 is 78.1. The molecule has 10 nitrogen and oxygen atoms in total. The molecule has 46 heavy (non-hydrogen) atoms. The van der Waals surface area contributed by atoms with Gasteiger partial charge in [0.05, 0.1) is 36.9 Å². The minimum absolute atomic E-state index is 0. The Bertz CT molecular complexity index is 1310. The van der Waals surface area contributed by atoms with Crippen LogP contribution in [0.1, 0.15) is 25.7 Å². The minimum atomic E-state index is -4.95. The van der Waals surface area contributed by atoms with E-state index in [0.29, 0.717) is 50.7 Å². The van der Waals surface area contributed by atoms with Crippen molar-refractivity contribution in [3.05, 3.63) is 55.9 Å². The van der Waals surface area contributed by atoms with E-state index in [-0.39, 0.29) is 42.9 Å². The van der Waals surface area contributed by atoms with Crippen LogP contribution in [0.3, 0.4) is 0 Å². The van der Waals surface area contributed by atoms with Crippen molar-refractivity contribution in [3.8, 4) is 0 Å². The highest BCUT2D eigenvalue weighted by atomic mass is 79.9. The fourth-order valence-corrected chi connectivity index (χ4v) is 4.71. The summed E-state index contributed by atoms with van der Waals surface area (Å²) in [6, 6.07) is 5.71. The third kappa shape index (κ3) is 11.2. The molecular formula is C29H37BrF6N8O2. The molecule has 2 amide bonds. The quantitative estimate of drug-likeness (QED) is 0.0913. The summed E-state index contributed by atoms with van der Waals surface area (Å²) in [5, 5.41) is 12.6. The van der Waals surface area contributed by atoms with Crippen molar-refractivity contribution in [3.63, 3.8) is 0 Å². The van der Waals surface area contributed by atoms with Crippen LogP contribution < -0.4 is 42.0 Å². The van der Waals surface area contributed by atoms with Crippen molar-refractivity contribution in [2.75, 3.05) is 49.1 Å². The Kier molecular flexibility index (Phi) is 14.7. The number of aromatic nitrogens is 2. The summed E-state index contributed by atoms with van der Waals surface area (Å²) in [5.41, 5.74) is 2.56. The van der Waals surface area contributed by atoms with Gasteiger partial charge in [0.1, 0.15) is 5.69 Å². The van der Waals surface area contributed by atoms with Gasteiger partial charge in [-0.15, -0.1) is 13.2 Å². The van der Waals surface area contributed by atoms with Gasteiger partial charge in [0, 0.05) is 44.4 Å². The molecule has 1 aromatic heterocycles. The molecule has 0 spiro atoms. The number of anilines is 2. The van der Waals surface area contributed by atoms with Crippen LogP contribution in [-0.2, 0) is 22.7 Å². The standard InChI is InChI=1S/C29H36F6N8O2.BrH/c1-3-13-40-17-18-41(14-4-2)24-21-22(9-10-23(24)40)38-39-27-42(15-7-5-11-36-25(44)28(30,31)32)19-20-43(27)16-8-6-12-37-26(45)29(33,34)35;/h3-4,9-10,19-21H,1-2,5-8,11-18H2,(H-,36,37,44,45);1H. The average molecular weight is 724 g/mol. The summed E-state index contributed by atoms with van der Waals surface area (Å²) in [5.74, 6) is -3.57. The smallest absolute Gasteiger partial charge is 0.471 e. The molecule has 0 fully saturated rings. The maximum atomic E-state index is 12.4. The first kappa shape index (κ1) is 38.3. The Balaban J connectivity index is 0.00000736. The van der Waals surface area contributed by atoms with Crippen molar-refractivity contribution in [2.24, 2.45) is 10.2 Å². The fraction of sp³-hybridized carbons (Fsp3) is 0.483. The summed E-state index contributed by atoms with van der Waals surface area (Å²) in [6.07, 6.45) is -1.39. The van der Waals surface area contributed by atoms with E-state index < -0.39 is 24.2 Å². The number of azo groups is 1. The van der Waals surface area contributed by atoms with Crippen LogP contribution >= 0.6 is 0 Å². The fourth-order valence-electron chi connectivity index (χ4n) is 4.71. The number of alkyl halides is 6. The molecule has 254 valence electrons. The lowest BCUT2D eigenvalue weighted by atomic mass is 10.1. The second-order valence-corrected chi connectivity index (χ2v) is 10.2. The molecule has 0 radical (unpaired) electrons. The topological polar surface area (TPSA) is 98.2 Å². The van der Waals surface area contributed by atoms with E-state index in [1.165, 1.54) is 0 Å². The van der Waals surface area contributed by atoms with Crippen molar-refractivity contribution >= 4 is 34.8 Å². The second kappa shape index (κ2) is 17.7. The zero-order valence-electron chi connectivity index (χ0n) is 25.1. The first-order valence-electron chi connectivity index (χ1n) is 14.4. The molecule has 0 unspecified atom stereocenters. The lowest BCUT2D eigenvalue weighted by Crippen LogP contribution is -3.00. The van der Waals surface area contributed by atoms with Crippen LogP contribution in [0.4, 0.5) is 49.4 Å². The van der Waals surface area contributed by atoms with E-state index in [4.69, 9.17) is 0 Å². The zero-order valence-corrected chi connectivity index (χ0v) is 26.7. The Morgan fingerprint density at radius 3 is 1.98 bits per heavy atom. The number of halogens is 7. The SMILES string of the molecule is C=CCN1CCN(CC=C)c2cc(/N=N/c3n(CCCCNC(=O)C(F)(F)F)cc[n+]3CCCCNC(=O)C(F)(F)F)ccc21.[Br-]. The minimum Gasteiger partial charge on any atom is -1.00 e. The number of unbranched alkanes of at least 4 members (excludes halogenated alkanes) is 2. The van der Waals surface area contributed by atoms with Gasteiger partial charge in [0.15, 0.2) is 0 Å². The molecule has 2 N–H and O–H groups in total. The van der Waals surface area contributed by atoms with Crippen LogP contribution in [0.5, 0.6) is 0 Å². The third-order valence-electron chi connectivity index (χ3n) is 6.91. The number of fused-ring (bicyclic) bond motifs is 1. The number of imidazole rings is 1. The molecule has 1 aliphatic rings. The number of hydrogen-bond acceptors (Lipinski definition) is 6. The van der Waals surface area contributed by atoms with Gasteiger partial charge in [0.2, 0.25) is 0 Å². The van der Waals surface area contributed by atoms with Gasteiger partial charge in [-0.2, -0.15) is 26.3 Å². The van der Waals surface area contributed by atoms with Crippen molar-refractivity contribution < 1.29 is 57.5 Å². The highest BCUT2D eigenvalue weighted by Gasteiger charge is 2.38. The predicted octanol–water partition coefficient (Wildman–Crippen LogP) is 2.11. The Morgan fingerprint density at radius 1 is 0.848 bits per heavy atom. The second-order valence-electron chi connectivity index (χ2n) is 10.2. The van der Waals surface area contributed by atoms with Gasteiger partial charge in [-0.3, -0.25) is 9.59 Å². The lowest BCUT2D eigenvalue weighted by Gasteiger charge is -2.38. The van der Waals surface area contributed by atoms with Crippen LogP contribution in [0, 0.1) is 0 Å². The Labute approximate surface area is 273 Å². The zero-order chi connectivity index (χ0) is 33.0. The Hall–Kier alpha value is -3.89. The van der Waals surface area contributed by atoms with E-state index in [9.17, 15) is 35.9 Å². The number of rotatable bonds is 16. The van der Waals surface area contributed by atoms with Crippen molar-refractivity contribution in [1.82, 2.24) is 15.2 Å². The van der Waals surface area contributed by atoms with Gasteiger partial charge in [-0.05, 0) is 43.9 Å². The highest BCUT2D eigenvalue weighted by molar-refractivity contribution is 5.82. The molecule has 0 aliphatic carbocycles. The molecule has 0 atom stereocenters. The first-order valence-corrected chi connectivity index (χ1v) is 14.4. The van der Waals surface area contributed by atoms with E-state index in [1.54, 1.807) is 21.5 Å². The number of carbonyl (C=O) groups excluding carboxylic acids is 2. The number of hydrogen-bond donors (Lipinski definition) is 2. The van der Waals surface area contributed by atoms with Gasteiger partial charge < -0.3 is 37.4 Å². The summed E-state index contributed by atoms with van der Waals surface area (Å²) >= 11 is 0. The molecule has 2 heterocycles. The van der Waals surface area contributed by atoms with E-state index in [0.717, 1.165) is 24.5 Å². The molecule has 0 saturated carbocycles. The average Bonchev–Trinajstić information content (AvgIpc) is 3.36. The Morgan fingerprint density at radius 2 is 1.41 bits per heavy atom. The third-order valence-corrected chi connectivity index (χ3v) is 6.91. The van der Waals surface area contributed by atoms with Crippen LogP contribution in [0.25, 0.3) is 0 Å². The maximum Gasteiger partial charge on any atom is 0.471 e. The summed E-state index contributed by atoms with van der Waals surface area (Å²) in [4.78, 5) is 26.5. The number of benzene rings is 1. The molecule has 0 bridgehead atoms. The molecule has 2 aromatic rings. The van der Waals surface area contributed by atoms with E-state index >= 15 is 0 Å². The van der Waals surface area contributed by atoms with E-state index in [1.807, 2.05) is 41.0 Å². The first-order chi connectivity index (χ1) is 21.3. The van der Waals surface area contributed by atoms with Crippen LogP contribution in [-0.4, -0.2) is 68.0 Å². The van der Waals surface area contributed by atoms with Gasteiger partial charge in [-0.1, -0.05) is 17.3 Å². The number of aryl methyl sites for hydroxylation is 2. The largest absolute Gasteiger partial charge is 1.00 e. The van der Waals surface area contributed by atoms with E-state index in [2.05, 4.69) is 33.2 Å². The number of carbonyl (C=O) groups is 2. The van der Waals surface area contributed by atoms with Gasteiger partial charge >= 0.3 is 30.1 Å². The molecule has 0 saturated heterocycles. The van der Waals surface area contributed by atoms with Gasteiger partial charge in [0.25, 0.3) is 0 Å². The summed E-state index contributed by atoms with van der Waals surface area (Å²) in [6.45, 7) is 11.0. The van der Waals surface area contributed by atoms with Gasteiger partial charge in [-0.25, -0.2) is 9.13 Å². The number of amides is 2. The van der Waals surface area contributed by atoms with Crippen LogP contribution in [0.2, 0.25) is 0 Å². The summed E-state index contributed by atoms with van der Waals surface area (Å²) in [7, 11) is 0. The number of nitrogens with zero attached hydrogens (tertiary/aromatic N) is 6. The predicted molar refractivity (Wildman–Crippen MR) is 157 cm³/mol. The maximum absolute atomic E-state index is 12.4. The van der Waals surface area contributed by atoms with Crippen LogP contribution in [0.15, 0.2) is 66.1 Å². The molecule has 3 rings (SSSR count). The highest BCUT2D eigenvalue weighted by Crippen LogP contribution is 2.36. The lowest BCUT2D eigenvalue weighted by molar-refractivity contribution is -0.684. The molecular weight excluding hydrogens is 686 g/mol. The van der Waals surface area contributed by atoms with Crippen molar-refractivity contribution in [2.45, 2.75) is 51.1 Å². The van der Waals surface area contributed by atoms with Crippen molar-refractivity contribution in [1.29, 1.82) is 0 Å². The normalized spacial score (nSPS) is 13.3.